The quantitative estimate of drug-likeness (QED) is 0.654. The predicted octanol–water partition coefficient (Wildman–Crippen LogP) is 3.64. The van der Waals surface area contributed by atoms with Gasteiger partial charge in [-0.25, -0.2) is 4.39 Å². The summed E-state index contributed by atoms with van der Waals surface area (Å²) in [6.07, 6.45) is 0.812. The first-order valence-corrected chi connectivity index (χ1v) is 7.41. The van der Waals surface area contributed by atoms with E-state index in [2.05, 4.69) is 49.1 Å². The Kier molecular flexibility index (Phi) is 3.80. The molecule has 0 aromatic heterocycles. The molecule has 1 fully saturated rings. The number of halogens is 2. The number of hydrogen-bond acceptors (Lipinski definition) is 2. The zero-order chi connectivity index (χ0) is 14.4. The lowest BCUT2D eigenvalue weighted by atomic mass is 9.97. The van der Waals surface area contributed by atoms with E-state index in [4.69, 9.17) is 5.84 Å². The molecule has 0 spiro atoms. The first-order valence-electron chi connectivity index (χ1n) is 6.62. The molecule has 1 aliphatic rings. The molecule has 2 nitrogen and oxygen atoms in total. The fraction of sp³-hybridized carbons (Fsp3) is 0.600. The van der Waals surface area contributed by atoms with Gasteiger partial charge in [-0.1, -0.05) is 33.8 Å². The van der Waals surface area contributed by atoms with Crippen LogP contribution in [0.5, 0.6) is 0 Å². The Morgan fingerprint density at radius 1 is 1.32 bits per heavy atom. The van der Waals surface area contributed by atoms with Crippen LogP contribution in [0.3, 0.4) is 0 Å². The standard InChI is InChI=1S/C15H22BrFN2/c1-14(2)13(15(14,3)4)12(19-18)8-9-5-6-11(17)10(16)7-9/h5-7,12-13,19H,8,18H2,1-4H3. The molecule has 0 bridgehead atoms. The number of nitrogens with one attached hydrogen (secondary N) is 1. The van der Waals surface area contributed by atoms with Crippen molar-refractivity contribution in [2.45, 2.75) is 40.2 Å². The highest BCUT2D eigenvalue weighted by Gasteiger charge is 2.66. The third kappa shape index (κ3) is 2.46. The minimum Gasteiger partial charge on any atom is -0.271 e. The van der Waals surface area contributed by atoms with Gasteiger partial charge >= 0.3 is 0 Å². The van der Waals surface area contributed by atoms with Crippen LogP contribution in [0.25, 0.3) is 0 Å². The Hall–Kier alpha value is -0.450. The zero-order valence-electron chi connectivity index (χ0n) is 11.9. The lowest BCUT2D eigenvalue weighted by Gasteiger charge is -2.18. The molecule has 19 heavy (non-hydrogen) atoms. The van der Waals surface area contributed by atoms with Gasteiger partial charge in [0.1, 0.15) is 5.82 Å². The molecule has 0 radical (unpaired) electrons. The molecular weight excluding hydrogens is 307 g/mol. The van der Waals surface area contributed by atoms with Crippen molar-refractivity contribution in [3.05, 3.63) is 34.1 Å². The van der Waals surface area contributed by atoms with Crippen molar-refractivity contribution in [2.75, 3.05) is 0 Å². The van der Waals surface area contributed by atoms with Gasteiger partial charge in [-0.3, -0.25) is 11.3 Å². The summed E-state index contributed by atoms with van der Waals surface area (Å²) in [5, 5.41) is 0. The molecule has 1 unspecified atom stereocenters. The smallest absolute Gasteiger partial charge is 0.137 e. The van der Waals surface area contributed by atoms with E-state index in [-0.39, 0.29) is 22.7 Å². The Morgan fingerprint density at radius 3 is 2.32 bits per heavy atom. The van der Waals surface area contributed by atoms with Crippen molar-refractivity contribution in [1.29, 1.82) is 0 Å². The molecule has 1 atom stereocenters. The number of hydrazine groups is 1. The van der Waals surface area contributed by atoms with Crippen LogP contribution < -0.4 is 11.3 Å². The van der Waals surface area contributed by atoms with Crippen LogP contribution in [0.1, 0.15) is 33.3 Å². The Morgan fingerprint density at radius 2 is 1.89 bits per heavy atom. The van der Waals surface area contributed by atoms with Gasteiger partial charge in [0.2, 0.25) is 0 Å². The molecule has 2 rings (SSSR count). The highest BCUT2D eigenvalue weighted by molar-refractivity contribution is 9.10. The van der Waals surface area contributed by atoms with Crippen molar-refractivity contribution in [2.24, 2.45) is 22.6 Å². The first-order chi connectivity index (χ1) is 8.71. The second-order valence-corrected chi connectivity index (χ2v) is 7.50. The largest absolute Gasteiger partial charge is 0.271 e. The summed E-state index contributed by atoms with van der Waals surface area (Å²) in [5.41, 5.74) is 4.60. The Balaban J connectivity index is 2.15. The highest BCUT2D eigenvalue weighted by Crippen LogP contribution is 2.69. The van der Waals surface area contributed by atoms with E-state index in [1.54, 1.807) is 0 Å². The molecule has 1 aliphatic carbocycles. The van der Waals surface area contributed by atoms with Gasteiger partial charge in [0.25, 0.3) is 0 Å². The van der Waals surface area contributed by atoms with Crippen LogP contribution in [0, 0.1) is 22.6 Å². The summed E-state index contributed by atoms with van der Waals surface area (Å²) in [4.78, 5) is 0. The van der Waals surface area contributed by atoms with Crippen LogP contribution in [0.4, 0.5) is 4.39 Å². The maximum atomic E-state index is 13.2. The summed E-state index contributed by atoms with van der Waals surface area (Å²) in [5.74, 6) is 6.03. The third-order valence-corrected chi connectivity index (χ3v) is 5.80. The van der Waals surface area contributed by atoms with Gasteiger partial charge < -0.3 is 0 Å². The van der Waals surface area contributed by atoms with E-state index < -0.39 is 0 Å². The average Bonchev–Trinajstić information content (AvgIpc) is 2.72. The topological polar surface area (TPSA) is 38.0 Å². The molecular formula is C15H22BrFN2. The first kappa shape index (κ1) is 14.9. The molecule has 0 heterocycles. The summed E-state index contributed by atoms with van der Waals surface area (Å²) in [7, 11) is 0. The summed E-state index contributed by atoms with van der Waals surface area (Å²) in [6.45, 7) is 9.12. The van der Waals surface area contributed by atoms with Gasteiger partial charge in [-0.15, -0.1) is 0 Å². The SMILES string of the molecule is CC1(C)C(C(Cc2ccc(F)c(Br)c2)NN)C1(C)C. The summed E-state index contributed by atoms with van der Waals surface area (Å²) in [6, 6.07) is 5.37. The lowest BCUT2D eigenvalue weighted by molar-refractivity contribution is 0.402. The second kappa shape index (κ2) is 4.83. The number of nitrogens with two attached hydrogens (primary N) is 1. The second-order valence-electron chi connectivity index (χ2n) is 6.65. The van der Waals surface area contributed by atoms with Crippen LogP contribution in [0.2, 0.25) is 0 Å². The van der Waals surface area contributed by atoms with Crippen LogP contribution in [-0.2, 0) is 6.42 Å². The highest BCUT2D eigenvalue weighted by atomic mass is 79.9. The molecule has 3 N–H and O–H groups in total. The molecule has 0 saturated heterocycles. The molecule has 1 aromatic carbocycles. The zero-order valence-corrected chi connectivity index (χ0v) is 13.5. The van der Waals surface area contributed by atoms with E-state index in [1.165, 1.54) is 6.07 Å². The fourth-order valence-electron chi connectivity index (χ4n) is 3.45. The maximum absolute atomic E-state index is 13.2. The summed E-state index contributed by atoms with van der Waals surface area (Å²) >= 11 is 3.23. The normalized spacial score (nSPS) is 22.3. The molecule has 1 aromatic rings. The average molecular weight is 329 g/mol. The van der Waals surface area contributed by atoms with Gasteiger partial charge in [0.05, 0.1) is 4.47 Å². The van der Waals surface area contributed by atoms with E-state index in [0.717, 1.165) is 12.0 Å². The molecule has 106 valence electrons. The lowest BCUT2D eigenvalue weighted by Crippen LogP contribution is -2.40. The van der Waals surface area contributed by atoms with Crippen molar-refractivity contribution < 1.29 is 4.39 Å². The Bertz CT molecular complexity index is 471. The minimum absolute atomic E-state index is 0.211. The van der Waals surface area contributed by atoms with Crippen molar-refractivity contribution in [3.63, 3.8) is 0 Å². The number of rotatable bonds is 4. The number of benzene rings is 1. The van der Waals surface area contributed by atoms with E-state index in [1.807, 2.05) is 12.1 Å². The summed E-state index contributed by atoms with van der Waals surface area (Å²) < 4.78 is 13.8. The van der Waals surface area contributed by atoms with E-state index in [0.29, 0.717) is 10.4 Å². The molecule has 0 amide bonds. The number of hydrogen-bond donors (Lipinski definition) is 2. The van der Waals surface area contributed by atoms with Crippen molar-refractivity contribution in [3.8, 4) is 0 Å². The van der Waals surface area contributed by atoms with E-state index >= 15 is 0 Å². The van der Waals surface area contributed by atoms with Gasteiger partial charge in [0, 0.05) is 6.04 Å². The van der Waals surface area contributed by atoms with Gasteiger partial charge in [0.15, 0.2) is 0 Å². The maximum Gasteiger partial charge on any atom is 0.137 e. The van der Waals surface area contributed by atoms with Gasteiger partial charge in [-0.05, 0) is 56.8 Å². The van der Waals surface area contributed by atoms with Crippen LogP contribution >= 0.6 is 15.9 Å². The minimum atomic E-state index is -0.229. The third-order valence-electron chi connectivity index (χ3n) is 5.19. The van der Waals surface area contributed by atoms with Crippen molar-refractivity contribution in [1.82, 2.24) is 5.43 Å². The van der Waals surface area contributed by atoms with Gasteiger partial charge in [-0.2, -0.15) is 0 Å². The molecule has 4 heteroatoms. The van der Waals surface area contributed by atoms with Crippen molar-refractivity contribution >= 4 is 15.9 Å². The monoisotopic (exact) mass is 328 g/mol. The van der Waals surface area contributed by atoms with Crippen LogP contribution in [0.15, 0.2) is 22.7 Å². The van der Waals surface area contributed by atoms with E-state index in [9.17, 15) is 4.39 Å². The molecule has 1 saturated carbocycles. The molecule has 0 aliphatic heterocycles. The Labute approximate surface area is 123 Å². The fourth-order valence-corrected chi connectivity index (χ4v) is 3.87. The predicted molar refractivity (Wildman–Crippen MR) is 80.0 cm³/mol. The van der Waals surface area contributed by atoms with Crippen LogP contribution in [-0.4, -0.2) is 6.04 Å².